The minimum atomic E-state index is -0.794. The van der Waals surface area contributed by atoms with Crippen molar-refractivity contribution >= 4 is 11.9 Å². The molecule has 5 heteroatoms. The summed E-state index contributed by atoms with van der Waals surface area (Å²) in [6.07, 6.45) is 1.78. The van der Waals surface area contributed by atoms with Crippen LogP contribution in [0, 0.1) is 12.8 Å². The number of nitrogens with one attached hydrogen (secondary N) is 1. The van der Waals surface area contributed by atoms with Crippen molar-refractivity contribution in [1.82, 2.24) is 5.32 Å². The van der Waals surface area contributed by atoms with Gasteiger partial charge in [-0.2, -0.15) is 0 Å². The van der Waals surface area contributed by atoms with Gasteiger partial charge in [0.05, 0.1) is 5.92 Å². The fraction of sp³-hybridized carbons (Fsp3) is 0.429. The smallest absolute Gasteiger partial charge is 0.306 e. The van der Waals surface area contributed by atoms with E-state index in [1.165, 1.54) is 6.07 Å². The number of carboxylic acids is 1. The van der Waals surface area contributed by atoms with Crippen LogP contribution in [-0.2, 0) is 4.79 Å². The van der Waals surface area contributed by atoms with E-state index >= 15 is 0 Å². The molecule has 2 rings (SSSR count). The van der Waals surface area contributed by atoms with Crippen LogP contribution >= 0.6 is 0 Å². The number of aryl methyl sites for hydroxylation is 1. The maximum Gasteiger partial charge on any atom is 0.306 e. The number of benzene rings is 1. The number of hydrogen-bond acceptors (Lipinski definition) is 3. The Labute approximate surface area is 111 Å². The van der Waals surface area contributed by atoms with Crippen LogP contribution in [-0.4, -0.2) is 28.1 Å². The van der Waals surface area contributed by atoms with Gasteiger partial charge in [0.15, 0.2) is 0 Å². The lowest BCUT2D eigenvalue weighted by Gasteiger charge is -2.13. The Morgan fingerprint density at radius 2 is 2.05 bits per heavy atom. The summed E-state index contributed by atoms with van der Waals surface area (Å²) < 4.78 is 0. The Morgan fingerprint density at radius 1 is 1.32 bits per heavy atom. The molecule has 0 spiro atoms. The van der Waals surface area contributed by atoms with E-state index in [0.29, 0.717) is 30.4 Å². The van der Waals surface area contributed by atoms with E-state index < -0.39 is 5.97 Å². The minimum absolute atomic E-state index is 0.0808. The van der Waals surface area contributed by atoms with E-state index in [1.807, 2.05) is 0 Å². The van der Waals surface area contributed by atoms with Crippen molar-refractivity contribution in [2.75, 3.05) is 0 Å². The molecule has 0 bridgehead atoms. The van der Waals surface area contributed by atoms with E-state index in [-0.39, 0.29) is 23.6 Å². The summed E-state index contributed by atoms with van der Waals surface area (Å²) in [6.45, 7) is 1.72. The summed E-state index contributed by atoms with van der Waals surface area (Å²) in [5.41, 5.74) is 1.12. The molecule has 0 radical (unpaired) electrons. The number of amides is 1. The molecule has 0 aliphatic heterocycles. The molecule has 0 aromatic heterocycles. The Morgan fingerprint density at radius 3 is 2.63 bits per heavy atom. The number of hydrogen-bond donors (Lipinski definition) is 3. The highest BCUT2D eigenvalue weighted by Crippen LogP contribution is 2.26. The molecule has 0 unspecified atom stereocenters. The standard InChI is InChI=1S/C14H17NO4/c1-8-6-9(3-5-12(8)16)13(17)15-11-4-2-10(7-11)14(18)19/h3,5-6,10-11,16H,2,4,7H2,1H3,(H,15,17)(H,18,19)/t10-,11+/m1/s1. The summed E-state index contributed by atoms with van der Waals surface area (Å²) in [6, 6.07) is 4.58. The molecule has 102 valence electrons. The molecule has 1 aromatic rings. The average molecular weight is 263 g/mol. The second kappa shape index (κ2) is 5.30. The van der Waals surface area contributed by atoms with Gasteiger partial charge in [-0.3, -0.25) is 9.59 Å². The third-order valence-electron chi connectivity index (χ3n) is 3.58. The van der Waals surface area contributed by atoms with E-state index in [4.69, 9.17) is 5.11 Å². The largest absolute Gasteiger partial charge is 0.508 e. The van der Waals surface area contributed by atoms with Gasteiger partial charge >= 0.3 is 5.97 Å². The lowest BCUT2D eigenvalue weighted by Crippen LogP contribution is -2.33. The van der Waals surface area contributed by atoms with Gasteiger partial charge in [0, 0.05) is 11.6 Å². The van der Waals surface area contributed by atoms with E-state index in [1.54, 1.807) is 19.1 Å². The van der Waals surface area contributed by atoms with Gasteiger partial charge < -0.3 is 15.5 Å². The Hall–Kier alpha value is -2.04. The first-order valence-corrected chi connectivity index (χ1v) is 6.30. The molecule has 1 saturated carbocycles. The SMILES string of the molecule is Cc1cc(C(=O)N[C@H]2CC[C@@H](C(=O)O)C2)ccc1O. The van der Waals surface area contributed by atoms with Crippen LogP contribution < -0.4 is 5.32 Å². The highest BCUT2D eigenvalue weighted by molar-refractivity contribution is 5.94. The average Bonchev–Trinajstić information content (AvgIpc) is 2.81. The maximum atomic E-state index is 12.0. The quantitative estimate of drug-likeness (QED) is 0.774. The predicted molar refractivity (Wildman–Crippen MR) is 69.1 cm³/mol. The zero-order valence-electron chi connectivity index (χ0n) is 10.7. The highest BCUT2D eigenvalue weighted by atomic mass is 16.4. The van der Waals surface area contributed by atoms with Gasteiger partial charge in [0.1, 0.15) is 5.75 Å². The van der Waals surface area contributed by atoms with Gasteiger partial charge in [-0.1, -0.05) is 0 Å². The van der Waals surface area contributed by atoms with Crippen LogP contribution in [0.25, 0.3) is 0 Å². The summed E-state index contributed by atoms with van der Waals surface area (Å²) in [5.74, 6) is -1.22. The molecular formula is C14H17NO4. The number of carboxylic acid groups (broad SMARTS) is 1. The van der Waals surface area contributed by atoms with Crippen LogP contribution in [0.5, 0.6) is 5.75 Å². The summed E-state index contributed by atoms with van der Waals surface area (Å²) in [4.78, 5) is 22.8. The van der Waals surface area contributed by atoms with Gasteiger partial charge in [-0.05, 0) is 49.9 Å². The number of phenolic OH excluding ortho intramolecular Hbond substituents is 1. The molecule has 2 atom stereocenters. The van der Waals surface area contributed by atoms with E-state index in [2.05, 4.69) is 5.32 Å². The molecule has 0 heterocycles. The van der Waals surface area contributed by atoms with Crippen molar-refractivity contribution in [2.45, 2.75) is 32.2 Å². The second-order valence-corrected chi connectivity index (χ2v) is 5.02. The van der Waals surface area contributed by atoms with Gasteiger partial charge in [0.25, 0.3) is 5.91 Å². The Bertz CT molecular complexity index is 512. The van der Waals surface area contributed by atoms with E-state index in [9.17, 15) is 14.7 Å². The fourth-order valence-corrected chi connectivity index (χ4v) is 2.40. The van der Waals surface area contributed by atoms with Gasteiger partial charge in [0.2, 0.25) is 0 Å². The monoisotopic (exact) mass is 263 g/mol. The predicted octanol–water partition coefficient (Wildman–Crippen LogP) is 1.68. The molecule has 0 saturated heterocycles. The van der Waals surface area contributed by atoms with Crippen LogP contribution in [0.3, 0.4) is 0 Å². The zero-order chi connectivity index (χ0) is 14.0. The third-order valence-corrected chi connectivity index (χ3v) is 3.58. The fourth-order valence-electron chi connectivity index (χ4n) is 2.40. The van der Waals surface area contributed by atoms with Gasteiger partial charge in [-0.15, -0.1) is 0 Å². The zero-order valence-corrected chi connectivity index (χ0v) is 10.7. The lowest BCUT2D eigenvalue weighted by atomic mass is 10.1. The Balaban J connectivity index is 1.98. The van der Waals surface area contributed by atoms with Crippen LogP contribution in [0.2, 0.25) is 0 Å². The topological polar surface area (TPSA) is 86.6 Å². The molecule has 1 aromatic carbocycles. The summed E-state index contributed by atoms with van der Waals surface area (Å²) in [7, 11) is 0. The van der Waals surface area contributed by atoms with Crippen molar-refractivity contribution in [3.63, 3.8) is 0 Å². The second-order valence-electron chi connectivity index (χ2n) is 5.02. The first kappa shape index (κ1) is 13.4. The minimum Gasteiger partial charge on any atom is -0.508 e. The lowest BCUT2D eigenvalue weighted by molar-refractivity contribution is -0.141. The third kappa shape index (κ3) is 3.05. The first-order chi connectivity index (χ1) is 8.97. The van der Waals surface area contributed by atoms with Crippen molar-refractivity contribution in [2.24, 2.45) is 5.92 Å². The van der Waals surface area contributed by atoms with Crippen LogP contribution in [0.1, 0.15) is 35.2 Å². The summed E-state index contributed by atoms with van der Waals surface area (Å²) in [5, 5.41) is 21.2. The molecule has 1 fully saturated rings. The number of aliphatic carboxylic acids is 1. The van der Waals surface area contributed by atoms with Crippen molar-refractivity contribution in [1.29, 1.82) is 0 Å². The molecule has 1 amide bonds. The molecular weight excluding hydrogens is 246 g/mol. The number of carbonyl (C=O) groups excluding carboxylic acids is 1. The normalized spacial score (nSPS) is 22.2. The molecule has 5 nitrogen and oxygen atoms in total. The molecule has 1 aliphatic carbocycles. The molecule has 3 N–H and O–H groups in total. The number of rotatable bonds is 3. The number of aromatic hydroxyl groups is 1. The number of phenols is 1. The Kier molecular flexibility index (Phi) is 3.74. The first-order valence-electron chi connectivity index (χ1n) is 6.30. The van der Waals surface area contributed by atoms with Crippen LogP contribution in [0.4, 0.5) is 0 Å². The van der Waals surface area contributed by atoms with Crippen molar-refractivity contribution in [3.8, 4) is 5.75 Å². The number of carbonyl (C=O) groups is 2. The van der Waals surface area contributed by atoms with E-state index in [0.717, 1.165) is 0 Å². The van der Waals surface area contributed by atoms with Crippen LogP contribution in [0.15, 0.2) is 18.2 Å². The highest BCUT2D eigenvalue weighted by Gasteiger charge is 2.30. The van der Waals surface area contributed by atoms with Crippen molar-refractivity contribution < 1.29 is 19.8 Å². The van der Waals surface area contributed by atoms with Crippen molar-refractivity contribution in [3.05, 3.63) is 29.3 Å². The molecule has 19 heavy (non-hydrogen) atoms. The van der Waals surface area contributed by atoms with Gasteiger partial charge in [-0.25, -0.2) is 0 Å². The summed E-state index contributed by atoms with van der Waals surface area (Å²) >= 11 is 0. The maximum absolute atomic E-state index is 12.0. The molecule has 1 aliphatic rings.